The number of thioether (sulfide) groups is 1. The largest absolute Gasteiger partial charge is 0.326 e. The quantitative estimate of drug-likeness (QED) is 0.750. The summed E-state index contributed by atoms with van der Waals surface area (Å²) in [6.45, 7) is 12.2. The molecule has 0 fully saturated rings. The number of aryl methyl sites for hydroxylation is 1. The average molecular weight is 295 g/mol. The Morgan fingerprint density at radius 2 is 1.80 bits per heavy atom. The molecule has 0 aliphatic rings. The number of benzene rings is 1. The van der Waals surface area contributed by atoms with Crippen molar-refractivity contribution in [2.24, 2.45) is 5.73 Å². The van der Waals surface area contributed by atoms with Gasteiger partial charge in [-0.2, -0.15) is 11.8 Å². The van der Waals surface area contributed by atoms with E-state index in [9.17, 15) is 0 Å². The Morgan fingerprint density at radius 3 is 2.35 bits per heavy atom. The molecule has 0 aliphatic carbocycles. The van der Waals surface area contributed by atoms with Gasteiger partial charge in [-0.3, -0.25) is 0 Å². The molecule has 1 aromatic rings. The van der Waals surface area contributed by atoms with Gasteiger partial charge in [0.05, 0.1) is 0 Å². The van der Waals surface area contributed by atoms with Gasteiger partial charge in [-0.05, 0) is 37.6 Å². The molecule has 2 N–H and O–H groups in total. The monoisotopic (exact) mass is 294 g/mol. The van der Waals surface area contributed by atoms with Crippen molar-refractivity contribution in [1.82, 2.24) is 4.90 Å². The summed E-state index contributed by atoms with van der Waals surface area (Å²) in [6.07, 6.45) is 1.03. The zero-order valence-corrected chi connectivity index (χ0v) is 14.2. The lowest BCUT2D eigenvalue weighted by atomic mass is 10.00. The first-order chi connectivity index (χ1) is 9.63. The number of hydrogen-bond acceptors (Lipinski definition) is 3. The van der Waals surface area contributed by atoms with Gasteiger partial charge in [-0.1, -0.05) is 45.0 Å². The third-order valence-electron chi connectivity index (χ3n) is 3.95. The zero-order valence-electron chi connectivity index (χ0n) is 13.4. The van der Waals surface area contributed by atoms with E-state index in [0.29, 0.717) is 5.25 Å². The molecule has 2 unspecified atom stereocenters. The third-order valence-corrected chi connectivity index (χ3v) is 5.34. The first kappa shape index (κ1) is 17.5. The minimum Gasteiger partial charge on any atom is -0.326 e. The molecule has 3 heteroatoms. The highest BCUT2D eigenvalue weighted by Crippen LogP contribution is 2.34. The minimum absolute atomic E-state index is 0.234. The van der Waals surface area contributed by atoms with E-state index < -0.39 is 0 Å². The highest BCUT2D eigenvalue weighted by atomic mass is 32.2. The van der Waals surface area contributed by atoms with E-state index in [1.165, 1.54) is 11.1 Å². The molecule has 2 nitrogen and oxygen atoms in total. The van der Waals surface area contributed by atoms with E-state index in [0.717, 1.165) is 31.8 Å². The predicted octanol–water partition coefficient (Wildman–Crippen LogP) is 3.85. The van der Waals surface area contributed by atoms with Crippen LogP contribution in [0.3, 0.4) is 0 Å². The van der Waals surface area contributed by atoms with Crippen molar-refractivity contribution >= 4 is 11.8 Å². The molecule has 0 bridgehead atoms. The highest BCUT2D eigenvalue weighted by Gasteiger charge is 2.20. The van der Waals surface area contributed by atoms with Gasteiger partial charge in [0, 0.05) is 23.6 Å². The topological polar surface area (TPSA) is 29.3 Å². The van der Waals surface area contributed by atoms with E-state index >= 15 is 0 Å². The van der Waals surface area contributed by atoms with E-state index in [4.69, 9.17) is 5.73 Å². The van der Waals surface area contributed by atoms with E-state index in [-0.39, 0.29) is 6.04 Å². The van der Waals surface area contributed by atoms with Gasteiger partial charge in [0.15, 0.2) is 0 Å². The van der Waals surface area contributed by atoms with Crippen LogP contribution in [0, 0.1) is 6.92 Å². The summed E-state index contributed by atoms with van der Waals surface area (Å²) in [5, 5.41) is 0.414. The predicted molar refractivity (Wildman–Crippen MR) is 92.4 cm³/mol. The molecule has 114 valence electrons. The summed E-state index contributed by atoms with van der Waals surface area (Å²) in [4.78, 5) is 2.47. The van der Waals surface area contributed by atoms with Crippen molar-refractivity contribution in [2.75, 3.05) is 25.4 Å². The van der Waals surface area contributed by atoms with Crippen LogP contribution in [0.5, 0.6) is 0 Å². The Kier molecular flexibility index (Phi) is 8.27. The second-order valence-corrected chi connectivity index (χ2v) is 6.50. The lowest BCUT2D eigenvalue weighted by Gasteiger charge is -2.26. The molecule has 1 aromatic carbocycles. The summed E-state index contributed by atoms with van der Waals surface area (Å²) in [5.41, 5.74) is 9.13. The minimum atomic E-state index is 0.234. The van der Waals surface area contributed by atoms with Crippen LogP contribution >= 0.6 is 11.8 Å². The lowest BCUT2D eigenvalue weighted by molar-refractivity contribution is 0.323. The number of rotatable bonds is 9. The van der Waals surface area contributed by atoms with Crippen LogP contribution in [0.15, 0.2) is 24.3 Å². The Bertz CT molecular complexity index is 377. The van der Waals surface area contributed by atoms with Crippen LogP contribution in [0.4, 0.5) is 0 Å². The normalized spacial score (nSPS) is 14.5. The van der Waals surface area contributed by atoms with Crippen molar-refractivity contribution in [3.8, 4) is 0 Å². The fourth-order valence-electron chi connectivity index (χ4n) is 2.41. The van der Waals surface area contributed by atoms with Crippen LogP contribution in [0.25, 0.3) is 0 Å². The van der Waals surface area contributed by atoms with Crippen molar-refractivity contribution in [3.05, 3.63) is 35.4 Å². The summed E-state index contributed by atoms with van der Waals surface area (Å²) >= 11 is 2.01. The molecule has 0 amide bonds. The average Bonchev–Trinajstić information content (AvgIpc) is 2.48. The molecule has 0 saturated carbocycles. The van der Waals surface area contributed by atoms with Gasteiger partial charge in [0.1, 0.15) is 0 Å². The molecular weight excluding hydrogens is 264 g/mol. The maximum atomic E-state index is 6.37. The van der Waals surface area contributed by atoms with Crippen LogP contribution < -0.4 is 5.73 Å². The summed E-state index contributed by atoms with van der Waals surface area (Å²) in [5.74, 6) is 1.15. The summed E-state index contributed by atoms with van der Waals surface area (Å²) in [6, 6.07) is 8.89. The molecule has 0 radical (unpaired) electrons. The standard InChI is InChI=1S/C17H30N2S/c1-5-16(18)17(15-11-9-8-10-14(15)4)20-13-12-19(6-2)7-3/h8-11,16-17H,5-7,12-13,18H2,1-4H3. The summed E-state index contributed by atoms with van der Waals surface area (Å²) < 4.78 is 0. The van der Waals surface area contributed by atoms with Crippen LogP contribution in [-0.2, 0) is 0 Å². The summed E-state index contributed by atoms with van der Waals surface area (Å²) in [7, 11) is 0. The van der Waals surface area contributed by atoms with E-state index in [1.54, 1.807) is 0 Å². The Hall–Kier alpha value is -0.510. The van der Waals surface area contributed by atoms with Crippen molar-refractivity contribution < 1.29 is 0 Å². The Balaban J connectivity index is 2.69. The molecule has 0 saturated heterocycles. The molecule has 0 aliphatic heterocycles. The Labute approximate surface area is 129 Å². The van der Waals surface area contributed by atoms with Gasteiger partial charge in [-0.15, -0.1) is 0 Å². The fourth-order valence-corrected chi connectivity index (χ4v) is 3.91. The van der Waals surface area contributed by atoms with Gasteiger partial charge >= 0.3 is 0 Å². The van der Waals surface area contributed by atoms with E-state index in [1.807, 2.05) is 11.8 Å². The first-order valence-electron chi connectivity index (χ1n) is 7.79. The molecule has 0 aromatic heterocycles. The van der Waals surface area contributed by atoms with Gasteiger partial charge in [-0.25, -0.2) is 0 Å². The lowest BCUT2D eigenvalue weighted by Crippen LogP contribution is -2.29. The van der Waals surface area contributed by atoms with Gasteiger partial charge in [0.25, 0.3) is 0 Å². The molecule has 20 heavy (non-hydrogen) atoms. The van der Waals surface area contributed by atoms with Crippen molar-refractivity contribution in [1.29, 1.82) is 0 Å². The van der Waals surface area contributed by atoms with Crippen molar-refractivity contribution in [3.63, 3.8) is 0 Å². The number of nitrogens with zero attached hydrogens (tertiary/aromatic N) is 1. The molecule has 0 spiro atoms. The fraction of sp³-hybridized carbons (Fsp3) is 0.647. The molecular formula is C17H30N2S. The van der Waals surface area contributed by atoms with E-state index in [2.05, 4.69) is 56.9 Å². The third kappa shape index (κ3) is 5.12. The van der Waals surface area contributed by atoms with Crippen LogP contribution in [0.2, 0.25) is 0 Å². The SMILES string of the molecule is CCC(N)C(SCCN(CC)CC)c1ccccc1C. The molecule has 2 atom stereocenters. The highest BCUT2D eigenvalue weighted by molar-refractivity contribution is 7.99. The van der Waals surface area contributed by atoms with Gasteiger partial charge in [0.2, 0.25) is 0 Å². The second-order valence-electron chi connectivity index (χ2n) is 5.25. The maximum absolute atomic E-state index is 6.37. The maximum Gasteiger partial charge on any atom is 0.0451 e. The van der Waals surface area contributed by atoms with Crippen LogP contribution in [0.1, 0.15) is 43.6 Å². The number of hydrogen-bond donors (Lipinski definition) is 1. The molecule has 0 heterocycles. The van der Waals surface area contributed by atoms with Crippen molar-refractivity contribution in [2.45, 2.75) is 45.4 Å². The zero-order chi connectivity index (χ0) is 15.0. The first-order valence-corrected chi connectivity index (χ1v) is 8.83. The second kappa shape index (κ2) is 9.43. The van der Waals surface area contributed by atoms with Gasteiger partial charge < -0.3 is 10.6 Å². The smallest absolute Gasteiger partial charge is 0.0451 e. The van der Waals surface area contributed by atoms with Crippen LogP contribution in [-0.4, -0.2) is 36.3 Å². The molecule has 1 rings (SSSR count). The number of nitrogens with two attached hydrogens (primary N) is 1. The Morgan fingerprint density at radius 1 is 1.15 bits per heavy atom.